The molecule has 88 valence electrons. The van der Waals surface area contributed by atoms with Gasteiger partial charge in [-0.15, -0.1) is 0 Å². The first-order chi connectivity index (χ1) is 7.29. The lowest BCUT2D eigenvalue weighted by Crippen LogP contribution is -2.05. The Labute approximate surface area is 91.6 Å². The smallest absolute Gasteiger partial charge is 0.314 e. The van der Waals surface area contributed by atoms with Crippen molar-refractivity contribution < 1.29 is 18.4 Å². The SMILES string of the molecule is CCS(=O)(=O)c1cc(N)c(O)c([N+](=O)[O-])c1. The molecule has 8 heteroatoms. The van der Waals surface area contributed by atoms with Crippen LogP contribution in [0.1, 0.15) is 6.92 Å². The maximum atomic E-state index is 11.5. The number of nitro groups is 1. The summed E-state index contributed by atoms with van der Waals surface area (Å²) >= 11 is 0. The molecule has 0 amide bonds. The van der Waals surface area contributed by atoms with Crippen molar-refractivity contribution >= 4 is 21.2 Å². The van der Waals surface area contributed by atoms with Crippen LogP contribution in [0.5, 0.6) is 5.75 Å². The maximum Gasteiger partial charge on any atom is 0.314 e. The fraction of sp³-hybridized carbons (Fsp3) is 0.250. The summed E-state index contributed by atoms with van der Waals surface area (Å²) in [5.41, 5.74) is 4.24. The second-order valence-electron chi connectivity index (χ2n) is 3.04. The lowest BCUT2D eigenvalue weighted by Gasteiger charge is -2.05. The van der Waals surface area contributed by atoms with Crippen LogP contribution in [-0.2, 0) is 9.84 Å². The Kier molecular flexibility index (Phi) is 3.04. The number of aromatic hydroxyl groups is 1. The van der Waals surface area contributed by atoms with Gasteiger partial charge in [0.1, 0.15) is 0 Å². The van der Waals surface area contributed by atoms with Crippen molar-refractivity contribution in [1.82, 2.24) is 0 Å². The first kappa shape index (κ1) is 12.2. The number of phenolic OH excluding ortho intramolecular Hbond substituents is 1. The van der Waals surface area contributed by atoms with Gasteiger partial charge in [0.2, 0.25) is 5.75 Å². The van der Waals surface area contributed by atoms with E-state index >= 15 is 0 Å². The highest BCUT2D eigenvalue weighted by molar-refractivity contribution is 7.91. The number of benzene rings is 1. The quantitative estimate of drug-likeness (QED) is 0.349. The van der Waals surface area contributed by atoms with E-state index in [4.69, 9.17) is 5.73 Å². The number of nitrogens with zero attached hydrogens (tertiary/aromatic N) is 1. The van der Waals surface area contributed by atoms with Gasteiger partial charge in [0.15, 0.2) is 9.84 Å². The molecule has 1 rings (SSSR count). The summed E-state index contributed by atoms with van der Waals surface area (Å²) in [6.07, 6.45) is 0. The minimum Gasteiger partial charge on any atom is -0.501 e. The van der Waals surface area contributed by atoms with Gasteiger partial charge in [-0.2, -0.15) is 0 Å². The number of sulfone groups is 1. The average Bonchev–Trinajstić information content (AvgIpc) is 2.21. The van der Waals surface area contributed by atoms with Crippen molar-refractivity contribution in [2.45, 2.75) is 11.8 Å². The van der Waals surface area contributed by atoms with E-state index in [9.17, 15) is 23.6 Å². The summed E-state index contributed by atoms with van der Waals surface area (Å²) in [5, 5.41) is 19.8. The Bertz CT molecular complexity index is 538. The normalized spacial score (nSPS) is 11.3. The number of nitrogen functional groups attached to an aromatic ring is 1. The molecule has 0 aliphatic carbocycles. The molecule has 0 unspecified atom stereocenters. The van der Waals surface area contributed by atoms with E-state index in [-0.39, 0.29) is 16.3 Å². The third-order valence-electron chi connectivity index (χ3n) is 2.03. The van der Waals surface area contributed by atoms with Gasteiger partial charge in [0, 0.05) is 6.07 Å². The monoisotopic (exact) mass is 246 g/mol. The number of rotatable bonds is 3. The van der Waals surface area contributed by atoms with Crippen LogP contribution in [0.4, 0.5) is 11.4 Å². The van der Waals surface area contributed by atoms with Crippen LogP contribution in [0, 0.1) is 10.1 Å². The second kappa shape index (κ2) is 3.97. The first-order valence-electron chi connectivity index (χ1n) is 4.29. The molecule has 0 radical (unpaired) electrons. The Morgan fingerprint density at radius 1 is 1.50 bits per heavy atom. The third-order valence-corrected chi connectivity index (χ3v) is 3.74. The molecule has 16 heavy (non-hydrogen) atoms. The molecular formula is C8H10N2O5S. The van der Waals surface area contributed by atoms with Gasteiger partial charge in [-0.25, -0.2) is 8.42 Å². The van der Waals surface area contributed by atoms with Crippen LogP contribution in [0.3, 0.4) is 0 Å². The molecule has 1 aromatic carbocycles. The maximum absolute atomic E-state index is 11.5. The van der Waals surface area contributed by atoms with Crippen molar-refractivity contribution in [2.75, 3.05) is 11.5 Å². The van der Waals surface area contributed by atoms with E-state index in [2.05, 4.69) is 0 Å². The molecule has 0 spiro atoms. The van der Waals surface area contributed by atoms with Crippen molar-refractivity contribution in [2.24, 2.45) is 0 Å². The highest BCUT2D eigenvalue weighted by Crippen LogP contribution is 2.34. The number of hydrogen-bond acceptors (Lipinski definition) is 6. The zero-order valence-electron chi connectivity index (χ0n) is 8.37. The van der Waals surface area contributed by atoms with Crippen LogP contribution in [0.2, 0.25) is 0 Å². The molecule has 3 N–H and O–H groups in total. The lowest BCUT2D eigenvalue weighted by molar-refractivity contribution is -0.386. The van der Waals surface area contributed by atoms with Crippen molar-refractivity contribution in [3.63, 3.8) is 0 Å². The van der Waals surface area contributed by atoms with Crippen molar-refractivity contribution in [3.8, 4) is 5.75 Å². The summed E-state index contributed by atoms with van der Waals surface area (Å²) < 4.78 is 23.0. The standard InChI is InChI=1S/C8H10N2O5S/c1-2-16(14,15)5-3-6(9)8(11)7(4-5)10(12)13/h3-4,11H,2,9H2,1H3. The molecule has 0 bridgehead atoms. The molecule has 0 aliphatic rings. The van der Waals surface area contributed by atoms with Gasteiger partial charge in [0.25, 0.3) is 0 Å². The van der Waals surface area contributed by atoms with Crippen LogP contribution in [-0.4, -0.2) is 24.2 Å². The third kappa shape index (κ3) is 2.06. The van der Waals surface area contributed by atoms with Crippen molar-refractivity contribution in [1.29, 1.82) is 0 Å². The van der Waals surface area contributed by atoms with Gasteiger partial charge in [-0.1, -0.05) is 6.92 Å². The van der Waals surface area contributed by atoms with Crippen molar-refractivity contribution in [3.05, 3.63) is 22.2 Å². The molecule has 0 saturated carbocycles. The van der Waals surface area contributed by atoms with Crippen LogP contribution >= 0.6 is 0 Å². The average molecular weight is 246 g/mol. The fourth-order valence-corrected chi connectivity index (χ4v) is 2.03. The van der Waals surface area contributed by atoms with Gasteiger partial charge in [0.05, 0.1) is 21.3 Å². The zero-order chi connectivity index (χ0) is 12.5. The highest BCUT2D eigenvalue weighted by Gasteiger charge is 2.22. The molecule has 7 nitrogen and oxygen atoms in total. The predicted octanol–water partition coefficient (Wildman–Crippen LogP) is 0.676. The Balaban J connectivity index is 3.53. The summed E-state index contributed by atoms with van der Waals surface area (Å²) in [6, 6.07) is 1.80. The molecule has 1 aromatic rings. The van der Waals surface area contributed by atoms with E-state index in [1.807, 2.05) is 0 Å². The minimum atomic E-state index is -3.59. The van der Waals surface area contributed by atoms with E-state index in [1.54, 1.807) is 0 Å². The van der Waals surface area contributed by atoms with Crippen LogP contribution in [0.15, 0.2) is 17.0 Å². The number of nitro benzene ring substituents is 1. The van der Waals surface area contributed by atoms with E-state index in [1.165, 1.54) is 6.92 Å². The van der Waals surface area contributed by atoms with Gasteiger partial charge >= 0.3 is 5.69 Å². The molecular weight excluding hydrogens is 236 g/mol. The molecule has 0 aliphatic heterocycles. The Hall–Kier alpha value is -1.83. The van der Waals surface area contributed by atoms with E-state index in [0.717, 1.165) is 12.1 Å². The largest absolute Gasteiger partial charge is 0.501 e. The summed E-state index contributed by atoms with van der Waals surface area (Å²) in [6.45, 7) is 1.41. The first-order valence-corrected chi connectivity index (χ1v) is 5.94. The molecule has 0 saturated heterocycles. The van der Waals surface area contributed by atoms with E-state index in [0.29, 0.717) is 0 Å². The number of nitrogens with two attached hydrogens (primary N) is 1. The topological polar surface area (TPSA) is 124 Å². The summed E-state index contributed by atoms with van der Waals surface area (Å²) in [4.78, 5) is 9.38. The highest BCUT2D eigenvalue weighted by atomic mass is 32.2. The molecule has 0 aromatic heterocycles. The zero-order valence-corrected chi connectivity index (χ0v) is 9.19. The van der Waals surface area contributed by atoms with Gasteiger partial charge in [-0.05, 0) is 6.07 Å². The minimum absolute atomic E-state index is 0.200. The van der Waals surface area contributed by atoms with Gasteiger partial charge < -0.3 is 10.8 Å². The molecule has 0 atom stereocenters. The van der Waals surface area contributed by atoms with Crippen LogP contribution in [0.25, 0.3) is 0 Å². The molecule has 0 fully saturated rings. The summed E-state index contributed by atoms with van der Waals surface area (Å²) in [5.74, 6) is -0.922. The Morgan fingerprint density at radius 2 is 2.06 bits per heavy atom. The predicted molar refractivity (Wildman–Crippen MR) is 56.9 cm³/mol. The second-order valence-corrected chi connectivity index (χ2v) is 5.32. The fourth-order valence-electron chi connectivity index (χ4n) is 1.10. The molecule has 0 heterocycles. The number of phenols is 1. The number of hydrogen-bond donors (Lipinski definition) is 2. The van der Waals surface area contributed by atoms with Gasteiger partial charge in [-0.3, -0.25) is 10.1 Å². The number of anilines is 1. The summed E-state index contributed by atoms with van der Waals surface area (Å²) in [7, 11) is -3.59. The Morgan fingerprint density at radius 3 is 2.50 bits per heavy atom. The lowest BCUT2D eigenvalue weighted by atomic mass is 10.2. The van der Waals surface area contributed by atoms with Crippen LogP contribution < -0.4 is 5.73 Å². The van der Waals surface area contributed by atoms with E-state index < -0.39 is 26.2 Å².